The molecular weight excluding hydrogens is 849 g/mol. The van der Waals surface area contributed by atoms with Crippen molar-refractivity contribution < 1.29 is 32.7 Å². The van der Waals surface area contributed by atoms with E-state index in [0.29, 0.717) is 62.0 Å². The average molecular weight is 905 g/mol. The molecule has 5 N–H and O–H groups in total. The predicted octanol–water partition coefficient (Wildman–Crippen LogP) is 8.92. The summed E-state index contributed by atoms with van der Waals surface area (Å²) in [6.45, 7) is 6.52. The summed E-state index contributed by atoms with van der Waals surface area (Å²) in [7, 11) is -3.89. The molecule has 0 unspecified atom stereocenters. The smallest absolute Gasteiger partial charge is 0.252 e. The molecule has 0 atom stereocenters. The van der Waals surface area contributed by atoms with Crippen LogP contribution in [0.1, 0.15) is 74.1 Å². The molecule has 3 aromatic heterocycles. The Labute approximate surface area is 380 Å². The van der Waals surface area contributed by atoms with E-state index in [1.165, 1.54) is 18.3 Å². The van der Waals surface area contributed by atoms with E-state index in [9.17, 15) is 23.2 Å². The highest BCUT2D eigenvalue weighted by molar-refractivity contribution is 8.19. The van der Waals surface area contributed by atoms with Gasteiger partial charge in [0.1, 0.15) is 10.9 Å². The van der Waals surface area contributed by atoms with Crippen LogP contribution in [0.2, 0.25) is 0 Å². The second-order valence-corrected chi connectivity index (χ2v) is 17.3. The van der Waals surface area contributed by atoms with Crippen LogP contribution in [0.15, 0.2) is 131 Å². The van der Waals surface area contributed by atoms with Gasteiger partial charge >= 0.3 is 0 Å². The van der Waals surface area contributed by atoms with Gasteiger partial charge < -0.3 is 33.8 Å². The second-order valence-electron chi connectivity index (χ2n) is 15.8. The average Bonchev–Trinajstić information content (AvgIpc) is 3.81. The van der Waals surface area contributed by atoms with E-state index in [2.05, 4.69) is 85.4 Å². The summed E-state index contributed by atoms with van der Waals surface area (Å²) in [4.78, 5) is 35.4. The van der Waals surface area contributed by atoms with Gasteiger partial charge in [-0.05, 0) is 78.3 Å². The maximum absolute atomic E-state index is 12.5. The number of carbonyl (C=O) groups excluding carboxylic acids is 2. The van der Waals surface area contributed by atoms with Gasteiger partial charge in [0.05, 0.1) is 49.1 Å². The maximum Gasteiger partial charge on any atom is 0.252 e. The molecule has 17 nitrogen and oxygen atoms in total. The van der Waals surface area contributed by atoms with Gasteiger partial charge in [-0.3, -0.25) is 9.59 Å². The molecule has 0 bridgehead atoms. The molecule has 3 heterocycles. The molecule has 0 saturated carbocycles. The van der Waals surface area contributed by atoms with Crippen LogP contribution in [0.3, 0.4) is 0 Å². The first kappa shape index (κ1) is 48.0. The molecule has 0 aliphatic heterocycles. The molecule has 3 aromatic carbocycles. The zero-order chi connectivity index (χ0) is 45.9. The van der Waals surface area contributed by atoms with Crippen molar-refractivity contribution in [2.24, 2.45) is 10.2 Å². The summed E-state index contributed by atoms with van der Waals surface area (Å²) in [6.07, 6.45) is 5.76. The Morgan fingerprint density at radius 2 is 1.51 bits per heavy atom. The van der Waals surface area contributed by atoms with E-state index in [1.807, 2.05) is 42.5 Å². The monoisotopic (exact) mass is 904 g/mol. The lowest BCUT2D eigenvalue weighted by molar-refractivity contribution is -0.121. The number of ether oxygens (including phenoxy) is 2. The minimum Gasteiger partial charge on any atom is -0.478 e. The van der Waals surface area contributed by atoms with Crippen LogP contribution >= 0.6 is 10.9 Å². The van der Waals surface area contributed by atoms with Crippen LogP contribution in [0, 0.1) is 0 Å². The van der Waals surface area contributed by atoms with Crippen molar-refractivity contribution in [3.8, 4) is 28.3 Å². The first-order chi connectivity index (χ1) is 31.4. The molecule has 342 valence electrons. The van der Waals surface area contributed by atoms with Gasteiger partial charge in [-0.2, -0.15) is 9.91 Å². The van der Waals surface area contributed by atoms with Crippen LogP contribution in [0.25, 0.3) is 22.4 Å². The zero-order valence-electron chi connectivity index (χ0n) is 36.6. The van der Waals surface area contributed by atoms with Crippen molar-refractivity contribution in [1.29, 1.82) is 0 Å². The number of azo groups is 1. The lowest BCUT2D eigenvalue weighted by Crippen LogP contribution is -2.30. The van der Waals surface area contributed by atoms with E-state index >= 15 is 0 Å². The standard InChI is InChI=1S/C47H56N10O7S/c1-47(2,24-12-14-28-64-44-32-39(35-15-5-3-6-16-35)31-40(52-44)36-17-7-4-8-18-36)46-54-56-57(55-46)27-13-11-21-43(58)48-25-29-63-30-26-49-45(59)38-22-23-42(50-33-38)53-51-34-37-19-9-10-20-41(37)65(60,61)62/h3-10,15-20,22-23,31-33,60-62H,11-14,21,24-30,34H2,1-2H3,(H,48,58)(H,49,59). The largest absolute Gasteiger partial charge is 0.478 e. The molecule has 2 amide bonds. The Hall–Kier alpha value is -6.44. The van der Waals surface area contributed by atoms with Gasteiger partial charge in [-0.1, -0.05) is 92.7 Å². The van der Waals surface area contributed by atoms with Crippen molar-refractivity contribution in [3.05, 3.63) is 132 Å². The van der Waals surface area contributed by atoms with E-state index < -0.39 is 10.9 Å². The number of nitrogens with one attached hydrogen (secondary N) is 2. The van der Waals surface area contributed by atoms with Gasteiger partial charge in [-0.25, -0.2) is 9.97 Å². The number of pyridine rings is 2. The van der Waals surface area contributed by atoms with Crippen molar-refractivity contribution in [1.82, 2.24) is 40.8 Å². The lowest BCUT2D eigenvalue weighted by Gasteiger charge is -2.21. The van der Waals surface area contributed by atoms with E-state index in [4.69, 9.17) is 14.5 Å². The predicted molar refractivity (Wildman–Crippen MR) is 248 cm³/mol. The molecule has 0 aliphatic rings. The van der Waals surface area contributed by atoms with Gasteiger partial charge in [0.25, 0.3) is 5.91 Å². The molecule has 0 spiro atoms. The first-order valence-corrected chi connectivity index (χ1v) is 23.0. The molecule has 0 fully saturated rings. The fourth-order valence-electron chi connectivity index (χ4n) is 6.70. The van der Waals surface area contributed by atoms with E-state index in [0.717, 1.165) is 48.1 Å². The Balaban J connectivity index is 0.800. The molecule has 0 aliphatic carbocycles. The van der Waals surface area contributed by atoms with Crippen molar-refractivity contribution in [2.45, 2.75) is 75.8 Å². The number of aryl methyl sites for hydroxylation is 1. The Bertz CT molecular complexity index is 2390. The summed E-state index contributed by atoms with van der Waals surface area (Å²) in [5.74, 6) is 1.14. The molecule has 0 saturated heterocycles. The van der Waals surface area contributed by atoms with Crippen LogP contribution < -0.4 is 15.4 Å². The number of hydrogen-bond acceptors (Lipinski definition) is 14. The molecule has 6 rings (SSSR count). The minimum absolute atomic E-state index is 0.00743. The summed E-state index contributed by atoms with van der Waals surface area (Å²) in [5.41, 5.74) is 4.54. The molecule has 6 aromatic rings. The van der Waals surface area contributed by atoms with Gasteiger partial charge in [-0.15, -0.1) is 15.3 Å². The summed E-state index contributed by atoms with van der Waals surface area (Å²) in [5, 5.41) is 26.9. The fraction of sp³-hybridized carbons (Fsp3) is 0.340. The van der Waals surface area contributed by atoms with Crippen LogP contribution in [0.5, 0.6) is 5.88 Å². The highest BCUT2D eigenvalue weighted by Crippen LogP contribution is 2.45. The number of tetrazole rings is 1. The van der Waals surface area contributed by atoms with Crippen LogP contribution in [-0.2, 0) is 28.0 Å². The van der Waals surface area contributed by atoms with E-state index in [-0.39, 0.29) is 47.6 Å². The first-order valence-electron chi connectivity index (χ1n) is 21.5. The quantitative estimate of drug-likeness (QED) is 0.0268. The number of aromatic nitrogens is 6. The third kappa shape index (κ3) is 15.4. The third-order valence-electron chi connectivity index (χ3n) is 10.3. The number of benzene rings is 3. The lowest BCUT2D eigenvalue weighted by atomic mass is 9.86. The Kier molecular flexibility index (Phi) is 17.7. The topological polar surface area (TPSA) is 231 Å². The highest BCUT2D eigenvalue weighted by atomic mass is 32.3. The fourth-order valence-corrected chi connectivity index (χ4v) is 7.44. The van der Waals surface area contributed by atoms with Crippen LogP contribution in [-0.4, -0.2) is 88.6 Å². The highest BCUT2D eigenvalue weighted by Gasteiger charge is 2.26. The molecule has 18 heteroatoms. The van der Waals surface area contributed by atoms with Gasteiger partial charge in [0, 0.05) is 42.8 Å². The number of amides is 2. The van der Waals surface area contributed by atoms with Gasteiger partial charge in [0.2, 0.25) is 11.8 Å². The van der Waals surface area contributed by atoms with E-state index in [1.54, 1.807) is 29.1 Å². The summed E-state index contributed by atoms with van der Waals surface area (Å²) < 4.78 is 40.5. The Morgan fingerprint density at radius 1 is 0.785 bits per heavy atom. The number of rotatable bonds is 25. The Morgan fingerprint density at radius 3 is 2.25 bits per heavy atom. The minimum atomic E-state index is -3.89. The second kappa shape index (κ2) is 24.0. The number of unbranched alkanes of at least 4 members (excludes halogenated alkanes) is 2. The van der Waals surface area contributed by atoms with Gasteiger partial charge in [0.15, 0.2) is 11.6 Å². The van der Waals surface area contributed by atoms with Crippen molar-refractivity contribution >= 4 is 28.5 Å². The molecule has 65 heavy (non-hydrogen) atoms. The maximum atomic E-state index is 12.5. The van der Waals surface area contributed by atoms with Crippen LogP contribution in [0.4, 0.5) is 5.82 Å². The molecular formula is C47H56N10O7S. The normalized spacial score (nSPS) is 12.0. The number of carbonyl (C=O) groups is 2. The SMILES string of the molecule is CC(C)(CCCCOc1cc(-c2ccccc2)cc(-c2ccccc2)n1)c1nnn(CCCCC(=O)NCCOCCNC(=O)c2ccc(N=NCc3ccccc3S(O)(O)O)nc2)n1. The zero-order valence-corrected chi connectivity index (χ0v) is 37.4. The van der Waals surface area contributed by atoms with Crippen molar-refractivity contribution in [3.63, 3.8) is 0 Å². The molecule has 0 radical (unpaired) electrons. The number of hydrogen-bond donors (Lipinski definition) is 5. The third-order valence-corrected chi connectivity index (χ3v) is 11.3. The number of nitrogens with zero attached hydrogens (tertiary/aromatic N) is 8. The summed E-state index contributed by atoms with van der Waals surface area (Å²) in [6, 6.07) is 33.8. The van der Waals surface area contributed by atoms with Crippen molar-refractivity contribution in [2.75, 3.05) is 32.9 Å². The summed E-state index contributed by atoms with van der Waals surface area (Å²) >= 11 is 0.